The molecule has 1 heterocycles. The van der Waals surface area contributed by atoms with E-state index >= 15 is 0 Å². The highest BCUT2D eigenvalue weighted by atomic mass is 79.9. The largest absolute Gasteiger partial charge is 0.319 e. The molecule has 1 aromatic carbocycles. The van der Waals surface area contributed by atoms with Crippen LogP contribution in [0.15, 0.2) is 41.0 Å². The molecule has 0 fully saturated rings. The van der Waals surface area contributed by atoms with E-state index in [4.69, 9.17) is 5.73 Å². The molecular formula is C13H16BrN3. The maximum absolute atomic E-state index is 6.29. The second kappa shape index (κ2) is 5.02. The van der Waals surface area contributed by atoms with Gasteiger partial charge in [0.15, 0.2) is 0 Å². The van der Waals surface area contributed by atoms with Crippen LogP contribution >= 0.6 is 15.9 Å². The number of hydrogen-bond acceptors (Lipinski definition) is 2. The smallest absolute Gasteiger partial charge is 0.0723 e. The number of nitrogens with zero attached hydrogens (tertiary/aromatic N) is 2. The SMILES string of the molecule is CC(C)n1nccc1C(N)c1cccc(Br)c1. The molecule has 0 saturated carbocycles. The van der Waals surface area contributed by atoms with Gasteiger partial charge < -0.3 is 5.73 Å². The van der Waals surface area contributed by atoms with Crippen LogP contribution in [0.25, 0.3) is 0 Å². The fourth-order valence-electron chi connectivity index (χ4n) is 1.87. The summed E-state index contributed by atoms with van der Waals surface area (Å²) in [6.07, 6.45) is 1.80. The van der Waals surface area contributed by atoms with Gasteiger partial charge >= 0.3 is 0 Å². The van der Waals surface area contributed by atoms with Gasteiger partial charge in [-0.3, -0.25) is 4.68 Å². The van der Waals surface area contributed by atoms with Crippen LogP contribution in [0.5, 0.6) is 0 Å². The summed E-state index contributed by atoms with van der Waals surface area (Å²) < 4.78 is 3.01. The molecule has 90 valence electrons. The van der Waals surface area contributed by atoms with E-state index in [1.807, 2.05) is 35.0 Å². The van der Waals surface area contributed by atoms with E-state index in [-0.39, 0.29) is 6.04 Å². The summed E-state index contributed by atoms with van der Waals surface area (Å²) in [4.78, 5) is 0. The van der Waals surface area contributed by atoms with Crippen LogP contribution in [0.1, 0.15) is 37.2 Å². The summed E-state index contributed by atoms with van der Waals surface area (Å²) >= 11 is 3.46. The van der Waals surface area contributed by atoms with Crippen molar-refractivity contribution in [3.05, 3.63) is 52.3 Å². The first-order valence-corrected chi connectivity index (χ1v) is 6.43. The zero-order valence-corrected chi connectivity index (χ0v) is 11.6. The molecule has 0 aliphatic carbocycles. The second-order valence-electron chi connectivity index (χ2n) is 4.33. The molecule has 1 unspecified atom stereocenters. The van der Waals surface area contributed by atoms with Crippen LogP contribution in [0.2, 0.25) is 0 Å². The van der Waals surface area contributed by atoms with Crippen molar-refractivity contribution in [2.24, 2.45) is 5.73 Å². The molecule has 0 saturated heterocycles. The van der Waals surface area contributed by atoms with Gasteiger partial charge in [0.05, 0.1) is 11.7 Å². The average Bonchev–Trinajstić information content (AvgIpc) is 2.77. The van der Waals surface area contributed by atoms with Crippen LogP contribution in [-0.4, -0.2) is 9.78 Å². The number of halogens is 1. The van der Waals surface area contributed by atoms with Gasteiger partial charge in [-0.2, -0.15) is 5.10 Å². The maximum atomic E-state index is 6.29. The third-order valence-corrected chi connectivity index (χ3v) is 3.21. The Bertz CT molecular complexity index is 505. The molecule has 17 heavy (non-hydrogen) atoms. The van der Waals surface area contributed by atoms with Crippen LogP contribution in [-0.2, 0) is 0 Å². The minimum atomic E-state index is -0.141. The van der Waals surface area contributed by atoms with Gasteiger partial charge in [-0.1, -0.05) is 28.1 Å². The van der Waals surface area contributed by atoms with Crippen molar-refractivity contribution < 1.29 is 0 Å². The molecule has 0 aliphatic rings. The van der Waals surface area contributed by atoms with Gasteiger partial charge in [-0.25, -0.2) is 0 Å². The van der Waals surface area contributed by atoms with Crippen LogP contribution in [0.4, 0.5) is 0 Å². The number of hydrogen-bond donors (Lipinski definition) is 1. The highest BCUT2D eigenvalue weighted by molar-refractivity contribution is 9.10. The molecule has 2 aromatic rings. The lowest BCUT2D eigenvalue weighted by Crippen LogP contribution is -2.18. The Morgan fingerprint density at radius 2 is 2.06 bits per heavy atom. The lowest BCUT2D eigenvalue weighted by atomic mass is 10.0. The van der Waals surface area contributed by atoms with Gasteiger partial charge in [0.2, 0.25) is 0 Å². The third-order valence-electron chi connectivity index (χ3n) is 2.72. The molecule has 0 amide bonds. The van der Waals surface area contributed by atoms with Crippen LogP contribution in [0.3, 0.4) is 0 Å². The molecule has 2 N–H and O–H groups in total. The van der Waals surface area contributed by atoms with Crippen LogP contribution < -0.4 is 5.73 Å². The van der Waals surface area contributed by atoms with Gasteiger partial charge in [-0.05, 0) is 37.6 Å². The van der Waals surface area contributed by atoms with Crippen molar-refractivity contribution in [1.29, 1.82) is 0 Å². The minimum absolute atomic E-state index is 0.141. The number of aromatic nitrogens is 2. The van der Waals surface area contributed by atoms with Gasteiger partial charge in [-0.15, -0.1) is 0 Å². The van der Waals surface area contributed by atoms with Crippen molar-refractivity contribution in [3.8, 4) is 0 Å². The first-order valence-electron chi connectivity index (χ1n) is 5.64. The molecule has 0 bridgehead atoms. The zero-order valence-electron chi connectivity index (χ0n) is 9.97. The standard InChI is InChI=1S/C13H16BrN3/c1-9(2)17-12(6-7-16-17)13(15)10-4-3-5-11(14)8-10/h3-9,13H,15H2,1-2H3. The molecule has 3 nitrogen and oxygen atoms in total. The van der Waals surface area contributed by atoms with E-state index in [1.165, 1.54) is 0 Å². The second-order valence-corrected chi connectivity index (χ2v) is 5.24. The monoisotopic (exact) mass is 293 g/mol. The molecule has 2 rings (SSSR count). The fourth-order valence-corrected chi connectivity index (χ4v) is 2.29. The Morgan fingerprint density at radius 3 is 2.71 bits per heavy atom. The number of nitrogens with two attached hydrogens (primary N) is 1. The summed E-state index contributed by atoms with van der Waals surface area (Å²) in [6, 6.07) is 10.2. The highest BCUT2D eigenvalue weighted by Crippen LogP contribution is 2.23. The highest BCUT2D eigenvalue weighted by Gasteiger charge is 2.15. The average molecular weight is 294 g/mol. The summed E-state index contributed by atoms with van der Waals surface area (Å²) in [5, 5.41) is 4.31. The van der Waals surface area contributed by atoms with E-state index in [0.717, 1.165) is 15.7 Å². The molecule has 0 aliphatic heterocycles. The van der Waals surface area contributed by atoms with Crippen molar-refractivity contribution in [3.63, 3.8) is 0 Å². The first-order chi connectivity index (χ1) is 8.09. The van der Waals surface area contributed by atoms with Crippen LogP contribution in [0, 0.1) is 0 Å². The molecule has 1 atom stereocenters. The molecule has 0 spiro atoms. The summed E-state index contributed by atoms with van der Waals surface area (Å²) in [5.41, 5.74) is 8.41. The van der Waals surface area contributed by atoms with E-state index in [9.17, 15) is 0 Å². The van der Waals surface area contributed by atoms with Gasteiger partial charge in [0, 0.05) is 16.7 Å². The van der Waals surface area contributed by atoms with Gasteiger partial charge in [0.25, 0.3) is 0 Å². The predicted molar refractivity (Wildman–Crippen MR) is 72.8 cm³/mol. The quantitative estimate of drug-likeness (QED) is 0.944. The Labute approximate surface area is 110 Å². The molecule has 0 radical (unpaired) electrons. The normalized spacial score (nSPS) is 13.0. The summed E-state index contributed by atoms with van der Waals surface area (Å²) in [5.74, 6) is 0. The predicted octanol–water partition coefficient (Wildman–Crippen LogP) is 3.27. The lowest BCUT2D eigenvalue weighted by molar-refractivity contribution is 0.499. The Balaban J connectivity index is 2.37. The van der Waals surface area contributed by atoms with Crippen molar-refractivity contribution >= 4 is 15.9 Å². The minimum Gasteiger partial charge on any atom is -0.319 e. The van der Waals surface area contributed by atoms with Crippen molar-refractivity contribution in [1.82, 2.24) is 9.78 Å². The molecule has 1 aromatic heterocycles. The molecule has 4 heteroatoms. The fraction of sp³-hybridized carbons (Fsp3) is 0.308. The van der Waals surface area contributed by atoms with Gasteiger partial charge in [0.1, 0.15) is 0 Å². The lowest BCUT2D eigenvalue weighted by Gasteiger charge is -2.17. The van der Waals surface area contributed by atoms with Crippen molar-refractivity contribution in [2.45, 2.75) is 25.9 Å². The zero-order chi connectivity index (χ0) is 12.4. The van der Waals surface area contributed by atoms with E-state index in [0.29, 0.717) is 6.04 Å². The molecular weight excluding hydrogens is 278 g/mol. The summed E-state index contributed by atoms with van der Waals surface area (Å²) in [7, 11) is 0. The first kappa shape index (κ1) is 12.3. The Kier molecular flexibility index (Phi) is 3.64. The van der Waals surface area contributed by atoms with E-state index in [1.54, 1.807) is 6.20 Å². The summed E-state index contributed by atoms with van der Waals surface area (Å²) in [6.45, 7) is 4.20. The third kappa shape index (κ3) is 2.58. The van der Waals surface area contributed by atoms with E-state index < -0.39 is 0 Å². The Morgan fingerprint density at radius 1 is 1.29 bits per heavy atom. The maximum Gasteiger partial charge on any atom is 0.0723 e. The number of rotatable bonds is 3. The Hall–Kier alpha value is -1.13. The number of benzene rings is 1. The van der Waals surface area contributed by atoms with Crippen molar-refractivity contribution in [2.75, 3.05) is 0 Å². The topological polar surface area (TPSA) is 43.8 Å². The van der Waals surface area contributed by atoms with E-state index in [2.05, 4.69) is 34.9 Å².